The van der Waals surface area contributed by atoms with Crippen LogP contribution in [-0.4, -0.2) is 49.4 Å². The number of piperazine rings is 1. The van der Waals surface area contributed by atoms with E-state index < -0.39 is 0 Å². The second-order valence-corrected chi connectivity index (χ2v) is 6.28. The zero-order valence-corrected chi connectivity index (χ0v) is 14.6. The first-order valence-corrected chi connectivity index (χ1v) is 8.51. The van der Waals surface area contributed by atoms with Crippen LogP contribution in [0.5, 0.6) is 5.75 Å². The molecule has 0 saturated carbocycles. The van der Waals surface area contributed by atoms with Crippen LogP contribution in [0.2, 0.25) is 5.02 Å². The average Bonchev–Trinajstić information content (AvgIpc) is 2.63. The second kappa shape index (κ2) is 8.18. The maximum Gasteiger partial charge on any atom is 0.127 e. The summed E-state index contributed by atoms with van der Waals surface area (Å²) in [6.45, 7) is 4.83. The standard InChI is InChI=1S/C19H22ClN3O/c1-24-19-5-3-2-4-17(19)14-21-23-12-10-22(11-13-23)15-16-6-8-18(20)9-7-16/h2-9,14H,10-13,15H2,1H3/b21-14+. The van der Waals surface area contributed by atoms with E-state index in [-0.39, 0.29) is 0 Å². The van der Waals surface area contributed by atoms with Crippen molar-refractivity contribution < 1.29 is 4.74 Å². The minimum Gasteiger partial charge on any atom is -0.496 e. The molecule has 0 aliphatic carbocycles. The van der Waals surface area contributed by atoms with Crippen LogP contribution in [-0.2, 0) is 6.54 Å². The number of rotatable bonds is 5. The summed E-state index contributed by atoms with van der Waals surface area (Å²) >= 11 is 5.94. The van der Waals surface area contributed by atoms with Crippen molar-refractivity contribution in [2.24, 2.45) is 5.10 Å². The molecule has 0 bridgehead atoms. The van der Waals surface area contributed by atoms with Gasteiger partial charge in [0.1, 0.15) is 5.75 Å². The quantitative estimate of drug-likeness (QED) is 0.778. The summed E-state index contributed by atoms with van der Waals surface area (Å²) in [6, 6.07) is 16.0. The summed E-state index contributed by atoms with van der Waals surface area (Å²) in [5.74, 6) is 0.850. The van der Waals surface area contributed by atoms with E-state index in [1.165, 1.54) is 5.56 Å². The summed E-state index contributed by atoms with van der Waals surface area (Å²) in [5, 5.41) is 7.50. The lowest BCUT2D eigenvalue weighted by molar-refractivity contribution is 0.131. The molecule has 4 nitrogen and oxygen atoms in total. The Bertz CT molecular complexity index is 679. The van der Waals surface area contributed by atoms with Gasteiger partial charge < -0.3 is 4.74 Å². The Morgan fingerprint density at radius 3 is 2.46 bits per heavy atom. The van der Waals surface area contributed by atoms with E-state index in [9.17, 15) is 0 Å². The van der Waals surface area contributed by atoms with Gasteiger partial charge in [0.15, 0.2) is 0 Å². The minimum absolute atomic E-state index is 0.786. The summed E-state index contributed by atoms with van der Waals surface area (Å²) in [4.78, 5) is 2.44. The van der Waals surface area contributed by atoms with Gasteiger partial charge in [0.2, 0.25) is 0 Å². The maximum absolute atomic E-state index is 5.94. The molecule has 0 radical (unpaired) electrons. The van der Waals surface area contributed by atoms with Crippen LogP contribution in [0.1, 0.15) is 11.1 Å². The van der Waals surface area contributed by atoms with E-state index >= 15 is 0 Å². The van der Waals surface area contributed by atoms with Crippen molar-refractivity contribution in [3.05, 3.63) is 64.7 Å². The van der Waals surface area contributed by atoms with Gasteiger partial charge in [-0.15, -0.1) is 0 Å². The lowest BCUT2D eigenvalue weighted by atomic mass is 10.2. The Balaban J connectivity index is 1.51. The molecule has 2 aromatic rings. The zero-order chi connectivity index (χ0) is 16.8. The average molecular weight is 344 g/mol. The lowest BCUT2D eigenvalue weighted by Gasteiger charge is -2.33. The summed E-state index contributed by atoms with van der Waals surface area (Å²) in [7, 11) is 1.68. The molecule has 0 aromatic heterocycles. The highest BCUT2D eigenvalue weighted by atomic mass is 35.5. The molecule has 0 amide bonds. The number of hydrogen-bond acceptors (Lipinski definition) is 4. The fourth-order valence-electron chi connectivity index (χ4n) is 2.78. The Morgan fingerprint density at radius 1 is 1.04 bits per heavy atom. The van der Waals surface area contributed by atoms with Gasteiger partial charge in [0.25, 0.3) is 0 Å². The smallest absolute Gasteiger partial charge is 0.127 e. The van der Waals surface area contributed by atoms with E-state index in [0.29, 0.717) is 0 Å². The van der Waals surface area contributed by atoms with Gasteiger partial charge >= 0.3 is 0 Å². The van der Waals surface area contributed by atoms with E-state index in [1.807, 2.05) is 42.6 Å². The highest BCUT2D eigenvalue weighted by Crippen LogP contribution is 2.16. The number of nitrogens with zero attached hydrogens (tertiary/aromatic N) is 3. The number of halogens is 1. The number of para-hydroxylation sites is 1. The molecule has 3 rings (SSSR count). The third-order valence-electron chi connectivity index (χ3n) is 4.17. The first kappa shape index (κ1) is 16.8. The molecule has 1 fully saturated rings. The van der Waals surface area contributed by atoms with E-state index in [4.69, 9.17) is 16.3 Å². The van der Waals surface area contributed by atoms with Crippen molar-refractivity contribution in [3.8, 4) is 5.75 Å². The van der Waals surface area contributed by atoms with Crippen molar-refractivity contribution in [1.82, 2.24) is 9.91 Å². The molecular formula is C19H22ClN3O. The first-order valence-electron chi connectivity index (χ1n) is 8.13. The molecule has 0 N–H and O–H groups in total. The molecule has 1 aliphatic rings. The van der Waals surface area contributed by atoms with Crippen LogP contribution >= 0.6 is 11.6 Å². The number of ether oxygens (including phenoxy) is 1. The van der Waals surface area contributed by atoms with E-state index in [0.717, 1.165) is 49.1 Å². The molecule has 1 heterocycles. The lowest BCUT2D eigenvalue weighted by Crippen LogP contribution is -2.43. The van der Waals surface area contributed by atoms with Gasteiger partial charge in [0.05, 0.1) is 13.3 Å². The second-order valence-electron chi connectivity index (χ2n) is 5.84. The highest BCUT2D eigenvalue weighted by Gasteiger charge is 2.15. The van der Waals surface area contributed by atoms with Gasteiger partial charge in [-0.2, -0.15) is 5.10 Å². The predicted molar refractivity (Wildman–Crippen MR) is 98.9 cm³/mol. The normalized spacial score (nSPS) is 15.8. The predicted octanol–water partition coefficient (Wildman–Crippen LogP) is 3.50. The molecule has 0 spiro atoms. The van der Waals surface area contributed by atoms with E-state index in [2.05, 4.69) is 27.1 Å². The monoisotopic (exact) mass is 343 g/mol. The van der Waals surface area contributed by atoms with Gasteiger partial charge in [-0.3, -0.25) is 9.91 Å². The van der Waals surface area contributed by atoms with Crippen molar-refractivity contribution in [3.63, 3.8) is 0 Å². The SMILES string of the molecule is COc1ccccc1/C=N/N1CCN(Cc2ccc(Cl)cc2)CC1. The Kier molecular flexibility index (Phi) is 5.72. The van der Waals surface area contributed by atoms with E-state index in [1.54, 1.807) is 7.11 Å². The number of hydrogen-bond donors (Lipinski definition) is 0. The summed E-state index contributed by atoms with van der Waals surface area (Å²) < 4.78 is 5.35. The van der Waals surface area contributed by atoms with Gasteiger partial charge in [0, 0.05) is 43.3 Å². The Morgan fingerprint density at radius 2 is 1.75 bits per heavy atom. The summed E-state index contributed by atoms with van der Waals surface area (Å²) in [6.07, 6.45) is 1.88. The molecule has 2 aromatic carbocycles. The van der Waals surface area contributed by atoms with Crippen LogP contribution in [0.15, 0.2) is 53.6 Å². The Hall–Kier alpha value is -2.04. The summed E-state index contributed by atoms with van der Waals surface area (Å²) in [5.41, 5.74) is 2.30. The van der Waals surface area contributed by atoms with Gasteiger partial charge in [-0.1, -0.05) is 35.9 Å². The maximum atomic E-state index is 5.94. The Labute approximate surface area is 148 Å². The zero-order valence-electron chi connectivity index (χ0n) is 13.9. The molecule has 0 unspecified atom stereocenters. The molecule has 1 saturated heterocycles. The van der Waals surface area contributed by atoms with Gasteiger partial charge in [-0.25, -0.2) is 0 Å². The number of hydrazone groups is 1. The topological polar surface area (TPSA) is 28.1 Å². The van der Waals surface area contributed by atoms with Crippen molar-refractivity contribution in [1.29, 1.82) is 0 Å². The molecule has 5 heteroatoms. The highest BCUT2D eigenvalue weighted by molar-refractivity contribution is 6.30. The largest absolute Gasteiger partial charge is 0.496 e. The van der Waals surface area contributed by atoms with Crippen molar-refractivity contribution in [2.45, 2.75) is 6.54 Å². The fourth-order valence-corrected chi connectivity index (χ4v) is 2.90. The van der Waals surface area contributed by atoms with Gasteiger partial charge in [-0.05, 0) is 29.8 Å². The minimum atomic E-state index is 0.786. The van der Waals surface area contributed by atoms with Crippen LogP contribution in [0.4, 0.5) is 0 Å². The number of methoxy groups -OCH3 is 1. The first-order chi connectivity index (χ1) is 11.7. The fraction of sp³-hybridized carbons (Fsp3) is 0.316. The molecule has 126 valence electrons. The molecule has 1 aliphatic heterocycles. The third kappa shape index (κ3) is 4.49. The van der Waals surface area contributed by atoms with Crippen molar-refractivity contribution in [2.75, 3.05) is 33.3 Å². The van der Waals surface area contributed by atoms with Crippen LogP contribution in [0, 0.1) is 0 Å². The molecule has 0 atom stereocenters. The molecule has 24 heavy (non-hydrogen) atoms. The van der Waals surface area contributed by atoms with Crippen LogP contribution in [0.3, 0.4) is 0 Å². The van der Waals surface area contributed by atoms with Crippen LogP contribution < -0.4 is 4.74 Å². The van der Waals surface area contributed by atoms with Crippen molar-refractivity contribution >= 4 is 17.8 Å². The van der Waals surface area contributed by atoms with Crippen LogP contribution in [0.25, 0.3) is 0 Å². The number of benzene rings is 2. The molecular weight excluding hydrogens is 322 g/mol. The third-order valence-corrected chi connectivity index (χ3v) is 4.42.